The van der Waals surface area contributed by atoms with Crippen LogP contribution in [0.4, 0.5) is 22.7 Å². The van der Waals surface area contributed by atoms with Crippen LogP contribution in [0.25, 0.3) is 0 Å². The standard InChI is InChI=1S/C26H16N4O4/c31-29(32)19-11-13-21-23(15-19)28-26(18-9-5-2-6-10-18)22-14-12-20(30(33)34)16-24(22)27-25(21)17-7-3-1-4-8-17/h1-16H. The van der Waals surface area contributed by atoms with E-state index in [-0.39, 0.29) is 11.4 Å². The second-order valence-corrected chi connectivity index (χ2v) is 7.57. The van der Waals surface area contributed by atoms with Gasteiger partial charge in [-0.15, -0.1) is 0 Å². The van der Waals surface area contributed by atoms with Gasteiger partial charge in [-0.25, -0.2) is 9.98 Å². The molecule has 0 fully saturated rings. The summed E-state index contributed by atoms with van der Waals surface area (Å²) < 4.78 is 0. The fourth-order valence-electron chi connectivity index (χ4n) is 3.85. The maximum absolute atomic E-state index is 11.5. The maximum Gasteiger partial charge on any atom is 0.271 e. The minimum absolute atomic E-state index is 0.0909. The van der Waals surface area contributed by atoms with Gasteiger partial charge in [0, 0.05) is 46.5 Å². The molecular weight excluding hydrogens is 432 g/mol. The highest BCUT2D eigenvalue weighted by Crippen LogP contribution is 2.36. The molecule has 1 aliphatic rings. The normalized spacial score (nSPS) is 12.4. The third-order valence-electron chi connectivity index (χ3n) is 5.45. The molecule has 0 saturated heterocycles. The lowest BCUT2D eigenvalue weighted by Crippen LogP contribution is -2.10. The Kier molecular flexibility index (Phi) is 5.23. The molecule has 0 saturated carbocycles. The van der Waals surface area contributed by atoms with Gasteiger partial charge < -0.3 is 0 Å². The van der Waals surface area contributed by atoms with Crippen molar-refractivity contribution in [3.8, 4) is 0 Å². The molecule has 8 nitrogen and oxygen atoms in total. The van der Waals surface area contributed by atoms with Crippen molar-refractivity contribution in [2.75, 3.05) is 0 Å². The number of aliphatic imine (C=N–C) groups is 2. The summed E-state index contributed by atoms with van der Waals surface area (Å²) in [6.07, 6.45) is 0. The summed E-state index contributed by atoms with van der Waals surface area (Å²) in [5.41, 5.74) is 4.32. The van der Waals surface area contributed by atoms with Gasteiger partial charge in [0.1, 0.15) is 0 Å². The van der Waals surface area contributed by atoms with E-state index in [0.717, 1.165) is 11.1 Å². The monoisotopic (exact) mass is 448 g/mol. The highest BCUT2D eigenvalue weighted by molar-refractivity contribution is 6.22. The van der Waals surface area contributed by atoms with Gasteiger partial charge in [0.15, 0.2) is 0 Å². The summed E-state index contributed by atoms with van der Waals surface area (Å²) in [7, 11) is 0. The van der Waals surface area contributed by atoms with Crippen LogP contribution in [-0.2, 0) is 0 Å². The van der Waals surface area contributed by atoms with Gasteiger partial charge in [-0.1, -0.05) is 60.7 Å². The molecule has 8 heteroatoms. The van der Waals surface area contributed by atoms with E-state index >= 15 is 0 Å². The van der Waals surface area contributed by atoms with Crippen LogP contribution in [0.3, 0.4) is 0 Å². The molecule has 4 aromatic carbocycles. The fourth-order valence-corrected chi connectivity index (χ4v) is 3.85. The van der Waals surface area contributed by atoms with Gasteiger partial charge in [-0.2, -0.15) is 0 Å². The van der Waals surface area contributed by atoms with Crippen LogP contribution in [0.5, 0.6) is 0 Å². The zero-order valence-electron chi connectivity index (χ0n) is 17.7. The molecule has 0 aromatic heterocycles. The largest absolute Gasteiger partial charge is 0.271 e. The van der Waals surface area contributed by atoms with E-state index in [1.807, 2.05) is 60.7 Å². The Morgan fingerprint density at radius 3 is 1.26 bits per heavy atom. The van der Waals surface area contributed by atoms with Gasteiger partial charge in [0.25, 0.3) is 11.4 Å². The van der Waals surface area contributed by atoms with E-state index in [9.17, 15) is 20.2 Å². The Morgan fingerprint density at radius 2 is 0.912 bits per heavy atom. The number of fused-ring (bicyclic) bond motifs is 2. The maximum atomic E-state index is 11.5. The van der Waals surface area contributed by atoms with E-state index in [4.69, 9.17) is 9.98 Å². The molecule has 0 aliphatic carbocycles. The molecule has 34 heavy (non-hydrogen) atoms. The van der Waals surface area contributed by atoms with Crippen molar-refractivity contribution in [3.05, 3.63) is 140 Å². The molecule has 4 aromatic rings. The lowest BCUT2D eigenvalue weighted by Gasteiger charge is -2.18. The first-order valence-electron chi connectivity index (χ1n) is 10.4. The first kappa shape index (κ1) is 20.9. The SMILES string of the molecule is O=[N+]([O-])c1ccc2c(c1)N=C(c1ccccc1)c1ccc([N+](=O)[O-])cc1N=C2c1ccccc1. The summed E-state index contributed by atoms with van der Waals surface area (Å²) in [5.74, 6) is 0. The molecule has 1 aliphatic heterocycles. The highest BCUT2D eigenvalue weighted by atomic mass is 16.6. The third kappa shape index (κ3) is 3.84. The number of rotatable bonds is 4. The topological polar surface area (TPSA) is 111 Å². The first-order chi connectivity index (χ1) is 16.5. The van der Waals surface area contributed by atoms with E-state index in [1.54, 1.807) is 12.1 Å². The van der Waals surface area contributed by atoms with Crippen LogP contribution < -0.4 is 0 Å². The molecular formula is C26H16N4O4. The number of nitro groups is 2. The molecule has 0 bridgehead atoms. The molecule has 0 radical (unpaired) electrons. The van der Waals surface area contributed by atoms with Crippen molar-refractivity contribution in [1.29, 1.82) is 0 Å². The fraction of sp³-hybridized carbons (Fsp3) is 0. The predicted molar refractivity (Wildman–Crippen MR) is 130 cm³/mol. The quantitative estimate of drug-likeness (QED) is 0.242. The summed E-state index contributed by atoms with van der Waals surface area (Å²) in [6.45, 7) is 0. The number of nitrogens with zero attached hydrogens (tertiary/aromatic N) is 4. The van der Waals surface area contributed by atoms with Crippen molar-refractivity contribution >= 4 is 34.2 Å². The van der Waals surface area contributed by atoms with Crippen LogP contribution in [0.1, 0.15) is 22.3 Å². The summed E-state index contributed by atoms with van der Waals surface area (Å²) in [4.78, 5) is 31.8. The number of hydrogen-bond donors (Lipinski definition) is 0. The van der Waals surface area contributed by atoms with Crippen LogP contribution in [0.2, 0.25) is 0 Å². The number of non-ortho nitro benzene ring substituents is 2. The molecule has 0 spiro atoms. The smallest absolute Gasteiger partial charge is 0.258 e. The minimum atomic E-state index is -0.465. The van der Waals surface area contributed by atoms with Crippen molar-refractivity contribution in [2.45, 2.75) is 0 Å². The molecule has 1 heterocycles. The van der Waals surface area contributed by atoms with Crippen molar-refractivity contribution < 1.29 is 9.85 Å². The predicted octanol–water partition coefficient (Wildman–Crippen LogP) is 6.15. The number of nitro benzene ring substituents is 2. The van der Waals surface area contributed by atoms with Crippen LogP contribution in [0, 0.1) is 20.2 Å². The molecule has 0 unspecified atom stereocenters. The first-order valence-corrected chi connectivity index (χ1v) is 10.4. The van der Waals surface area contributed by atoms with Gasteiger partial charge in [0.05, 0.1) is 32.6 Å². The number of benzene rings is 4. The molecule has 0 N–H and O–H groups in total. The lowest BCUT2D eigenvalue weighted by molar-refractivity contribution is -0.385. The van der Waals surface area contributed by atoms with Crippen LogP contribution in [-0.4, -0.2) is 21.3 Å². The minimum Gasteiger partial charge on any atom is -0.258 e. The summed E-state index contributed by atoms with van der Waals surface area (Å²) in [5, 5.41) is 23.0. The van der Waals surface area contributed by atoms with E-state index in [1.165, 1.54) is 24.3 Å². The lowest BCUT2D eigenvalue weighted by atomic mass is 9.95. The Bertz CT molecular complexity index is 1380. The summed E-state index contributed by atoms with van der Waals surface area (Å²) in [6, 6.07) is 27.5. The van der Waals surface area contributed by atoms with Crippen molar-refractivity contribution in [1.82, 2.24) is 0 Å². The van der Waals surface area contributed by atoms with Gasteiger partial charge in [0.2, 0.25) is 0 Å². The highest BCUT2D eigenvalue weighted by Gasteiger charge is 2.23. The van der Waals surface area contributed by atoms with Crippen LogP contribution >= 0.6 is 0 Å². The Labute approximate surface area is 193 Å². The van der Waals surface area contributed by atoms with Crippen molar-refractivity contribution in [2.24, 2.45) is 9.98 Å². The molecule has 5 rings (SSSR count). The average Bonchev–Trinajstić information content (AvgIpc) is 2.85. The molecule has 164 valence electrons. The zero-order valence-corrected chi connectivity index (χ0v) is 17.7. The molecule has 0 atom stereocenters. The van der Waals surface area contributed by atoms with Crippen molar-refractivity contribution in [3.63, 3.8) is 0 Å². The zero-order chi connectivity index (χ0) is 23.7. The Hall–Kier alpha value is -4.98. The number of hydrogen-bond acceptors (Lipinski definition) is 6. The van der Waals surface area contributed by atoms with E-state index in [2.05, 4.69) is 0 Å². The molecule has 0 amide bonds. The van der Waals surface area contributed by atoms with E-state index < -0.39 is 9.85 Å². The second-order valence-electron chi connectivity index (χ2n) is 7.57. The van der Waals surface area contributed by atoms with Gasteiger partial charge >= 0.3 is 0 Å². The second kappa shape index (κ2) is 8.51. The third-order valence-corrected chi connectivity index (χ3v) is 5.45. The van der Waals surface area contributed by atoms with Gasteiger partial charge in [-0.3, -0.25) is 20.2 Å². The summed E-state index contributed by atoms with van der Waals surface area (Å²) >= 11 is 0. The Morgan fingerprint density at radius 1 is 0.529 bits per heavy atom. The average molecular weight is 448 g/mol. The van der Waals surface area contributed by atoms with Gasteiger partial charge in [-0.05, 0) is 12.1 Å². The van der Waals surface area contributed by atoms with E-state index in [0.29, 0.717) is 33.9 Å². The Balaban J connectivity index is 1.87. The van der Waals surface area contributed by atoms with Crippen LogP contribution in [0.15, 0.2) is 107 Å².